The first-order valence-electron chi connectivity index (χ1n) is 17.1. The summed E-state index contributed by atoms with van der Waals surface area (Å²) in [5.41, 5.74) is 5.82. The third-order valence-corrected chi connectivity index (χ3v) is 8.61. The van der Waals surface area contributed by atoms with E-state index in [0.29, 0.717) is 35.7 Å². The molecule has 0 atom stereocenters. The molecule has 5 aromatic carbocycles. The van der Waals surface area contributed by atoms with Gasteiger partial charge in [-0.25, -0.2) is 8.78 Å². The standard InChI is InChI=1S/C43H43F2NO2/c1-2-3-4-7-10-32-11-17-36(18-12-32)40-27-28-41(43(45)42(40)44)37-21-25-39(26-22-37)48-30-9-6-5-8-29-47-38-23-19-35(20-24-38)34-15-13-33(31-46)14-16-34/h11-28H,2-10,29-30H2,1H3. The fourth-order valence-corrected chi connectivity index (χ4v) is 5.75. The smallest absolute Gasteiger partial charge is 0.167 e. The minimum atomic E-state index is -0.839. The second-order valence-corrected chi connectivity index (χ2v) is 12.1. The van der Waals surface area contributed by atoms with Crippen LogP contribution < -0.4 is 9.47 Å². The van der Waals surface area contributed by atoms with E-state index >= 15 is 8.78 Å². The Hall–Kier alpha value is -4.95. The van der Waals surface area contributed by atoms with E-state index in [2.05, 4.69) is 13.0 Å². The number of halogens is 2. The van der Waals surface area contributed by atoms with Gasteiger partial charge in [-0.05, 0) is 103 Å². The normalized spacial score (nSPS) is 10.9. The molecule has 0 saturated carbocycles. The lowest BCUT2D eigenvalue weighted by atomic mass is 9.97. The molecule has 0 aliphatic heterocycles. The topological polar surface area (TPSA) is 42.2 Å². The van der Waals surface area contributed by atoms with Crippen LogP contribution in [0.2, 0.25) is 0 Å². The third kappa shape index (κ3) is 9.55. The van der Waals surface area contributed by atoms with Crippen molar-refractivity contribution in [3.8, 4) is 50.9 Å². The monoisotopic (exact) mass is 643 g/mol. The van der Waals surface area contributed by atoms with Gasteiger partial charge in [0.05, 0.1) is 24.8 Å². The van der Waals surface area contributed by atoms with Crippen LogP contribution in [0.15, 0.2) is 109 Å². The summed E-state index contributed by atoms with van der Waals surface area (Å²) in [4.78, 5) is 0. The molecule has 0 aliphatic carbocycles. The third-order valence-electron chi connectivity index (χ3n) is 8.61. The maximum Gasteiger partial charge on any atom is 0.167 e. The van der Waals surface area contributed by atoms with Crippen LogP contribution in [-0.2, 0) is 6.42 Å². The first-order chi connectivity index (χ1) is 23.6. The van der Waals surface area contributed by atoms with Crippen LogP contribution >= 0.6 is 0 Å². The van der Waals surface area contributed by atoms with Crippen molar-refractivity contribution in [2.75, 3.05) is 13.2 Å². The van der Waals surface area contributed by atoms with Gasteiger partial charge in [-0.15, -0.1) is 0 Å². The number of nitrogens with zero attached hydrogens (tertiary/aromatic N) is 1. The summed E-state index contributed by atoms with van der Waals surface area (Å²) in [6, 6.07) is 36.0. The zero-order valence-corrected chi connectivity index (χ0v) is 27.7. The Balaban J connectivity index is 1.01. The molecule has 0 bridgehead atoms. The van der Waals surface area contributed by atoms with E-state index in [-0.39, 0.29) is 11.1 Å². The van der Waals surface area contributed by atoms with Crippen LogP contribution in [-0.4, -0.2) is 13.2 Å². The first kappa shape index (κ1) is 34.4. The van der Waals surface area contributed by atoms with E-state index in [9.17, 15) is 0 Å². The summed E-state index contributed by atoms with van der Waals surface area (Å²) in [6.07, 6.45) is 9.75. The maximum atomic E-state index is 15.2. The molecule has 0 spiro atoms. The number of hydrogen-bond donors (Lipinski definition) is 0. The van der Waals surface area contributed by atoms with Crippen molar-refractivity contribution < 1.29 is 18.3 Å². The molecule has 0 radical (unpaired) electrons. The number of unbranched alkanes of at least 4 members (excludes halogenated alkanes) is 6. The Morgan fingerprint density at radius 3 is 1.42 bits per heavy atom. The highest BCUT2D eigenvalue weighted by Crippen LogP contribution is 2.32. The molecule has 0 N–H and O–H groups in total. The summed E-state index contributed by atoms with van der Waals surface area (Å²) in [7, 11) is 0. The van der Waals surface area contributed by atoms with Gasteiger partial charge in [-0.2, -0.15) is 5.26 Å². The van der Waals surface area contributed by atoms with Crippen molar-refractivity contribution in [3.63, 3.8) is 0 Å². The van der Waals surface area contributed by atoms with Crippen molar-refractivity contribution in [2.24, 2.45) is 0 Å². The van der Waals surface area contributed by atoms with E-state index in [0.717, 1.165) is 55.4 Å². The summed E-state index contributed by atoms with van der Waals surface area (Å²) in [5, 5.41) is 8.96. The van der Waals surface area contributed by atoms with Gasteiger partial charge in [0.25, 0.3) is 0 Å². The van der Waals surface area contributed by atoms with Crippen molar-refractivity contribution in [3.05, 3.63) is 132 Å². The highest BCUT2D eigenvalue weighted by Gasteiger charge is 2.16. The van der Waals surface area contributed by atoms with Gasteiger partial charge in [0.1, 0.15) is 11.5 Å². The van der Waals surface area contributed by atoms with Gasteiger partial charge < -0.3 is 9.47 Å². The molecule has 0 aromatic heterocycles. The van der Waals surface area contributed by atoms with Gasteiger partial charge in [0.15, 0.2) is 11.6 Å². The van der Waals surface area contributed by atoms with E-state index in [1.807, 2.05) is 72.8 Å². The van der Waals surface area contributed by atoms with Crippen molar-refractivity contribution in [1.82, 2.24) is 0 Å². The van der Waals surface area contributed by atoms with Crippen LogP contribution in [0.3, 0.4) is 0 Å². The lowest BCUT2D eigenvalue weighted by Gasteiger charge is -2.11. The van der Waals surface area contributed by atoms with Gasteiger partial charge in [-0.1, -0.05) is 99.0 Å². The Kier molecular flexibility index (Phi) is 12.8. The second-order valence-electron chi connectivity index (χ2n) is 12.1. The number of rotatable bonds is 17. The summed E-state index contributed by atoms with van der Waals surface area (Å²) in [5.74, 6) is -0.116. The molecule has 5 heteroatoms. The Bertz CT molecular complexity index is 1760. The average Bonchev–Trinajstić information content (AvgIpc) is 3.13. The summed E-state index contributed by atoms with van der Waals surface area (Å²) < 4.78 is 42.2. The largest absolute Gasteiger partial charge is 0.494 e. The first-order valence-corrected chi connectivity index (χ1v) is 17.1. The average molecular weight is 644 g/mol. The molecule has 0 unspecified atom stereocenters. The quantitative estimate of drug-likeness (QED) is 0.0947. The van der Waals surface area contributed by atoms with Crippen molar-refractivity contribution >= 4 is 0 Å². The SMILES string of the molecule is CCCCCCc1ccc(-c2ccc(-c3ccc(OCCCCCCOc4ccc(-c5ccc(C#N)cc5)cc4)cc3)c(F)c2F)cc1. The zero-order valence-electron chi connectivity index (χ0n) is 27.7. The molecule has 0 heterocycles. The van der Waals surface area contributed by atoms with Crippen molar-refractivity contribution in [1.29, 1.82) is 5.26 Å². The van der Waals surface area contributed by atoms with Crippen LogP contribution in [0.1, 0.15) is 69.4 Å². The number of nitriles is 1. The van der Waals surface area contributed by atoms with Crippen LogP contribution in [0.25, 0.3) is 33.4 Å². The second kappa shape index (κ2) is 17.8. The van der Waals surface area contributed by atoms with E-state index in [1.54, 1.807) is 36.4 Å². The molecule has 246 valence electrons. The molecule has 5 aromatic rings. The Morgan fingerprint density at radius 1 is 0.500 bits per heavy atom. The molecular weight excluding hydrogens is 600 g/mol. The molecule has 0 saturated heterocycles. The molecule has 48 heavy (non-hydrogen) atoms. The number of hydrogen-bond acceptors (Lipinski definition) is 3. The van der Waals surface area contributed by atoms with Crippen LogP contribution in [0.4, 0.5) is 8.78 Å². The molecule has 0 amide bonds. The minimum absolute atomic E-state index is 0.236. The highest BCUT2D eigenvalue weighted by atomic mass is 19.2. The number of benzene rings is 5. The van der Waals surface area contributed by atoms with Crippen LogP contribution in [0.5, 0.6) is 11.5 Å². The molecule has 0 fully saturated rings. The van der Waals surface area contributed by atoms with E-state index in [1.165, 1.54) is 24.8 Å². The molecular formula is C43H43F2NO2. The lowest BCUT2D eigenvalue weighted by Crippen LogP contribution is -2.00. The predicted molar refractivity (Wildman–Crippen MR) is 191 cm³/mol. The van der Waals surface area contributed by atoms with Gasteiger partial charge in [-0.3, -0.25) is 0 Å². The van der Waals surface area contributed by atoms with Crippen molar-refractivity contribution in [2.45, 2.75) is 64.7 Å². The fourth-order valence-electron chi connectivity index (χ4n) is 5.75. The number of ether oxygens (including phenoxy) is 2. The lowest BCUT2D eigenvalue weighted by molar-refractivity contribution is 0.287. The van der Waals surface area contributed by atoms with E-state index in [4.69, 9.17) is 14.7 Å². The molecule has 5 rings (SSSR count). The molecule has 0 aliphatic rings. The molecule has 3 nitrogen and oxygen atoms in total. The van der Waals surface area contributed by atoms with E-state index < -0.39 is 11.6 Å². The Labute approximate surface area is 283 Å². The highest BCUT2D eigenvalue weighted by molar-refractivity contribution is 5.72. The van der Waals surface area contributed by atoms with Gasteiger partial charge in [0.2, 0.25) is 0 Å². The maximum absolute atomic E-state index is 15.2. The minimum Gasteiger partial charge on any atom is -0.494 e. The van der Waals surface area contributed by atoms with Crippen LogP contribution in [0, 0.1) is 23.0 Å². The zero-order chi connectivity index (χ0) is 33.6. The fraction of sp³-hybridized carbons (Fsp3) is 0.279. The number of aryl methyl sites for hydroxylation is 1. The summed E-state index contributed by atoms with van der Waals surface area (Å²) >= 11 is 0. The summed E-state index contributed by atoms with van der Waals surface area (Å²) in [6.45, 7) is 3.44. The Morgan fingerprint density at radius 2 is 0.938 bits per heavy atom. The van der Waals surface area contributed by atoms with Gasteiger partial charge >= 0.3 is 0 Å². The van der Waals surface area contributed by atoms with Gasteiger partial charge in [0, 0.05) is 11.1 Å². The predicted octanol–water partition coefficient (Wildman–Crippen LogP) is 12.0.